The molecule has 2 heterocycles. The first-order chi connectivity index (χ1) is 28.2. The van der Waals surface area contributed by atoms with Crippen LogP contribution in [0.15, 0.2) is 112 Å². The Morgan fingerprint density at radius 2 is 1.41 bits per heavy atom. The van der Waals surface area contributed by atoms with Crippen molar-refractivity contribution in [2.45, 2.75) is 91.1 Å². The average molecular weight is 804 g/mol. The minimum Gasteiger partial charge on any atom is -0.452 e. The van der Waals surface area contributed by atoms with Gasteiger partial charge in [-0.3, -0.25) is 4.79 Å². The number of fused-ring (bicyclic) bond motifs is 3. The minimum atomic E-state index is -1.24. The van der Waals surface area contributed by atoms with Crippen LogP contribution in [0.3, 0.4) is 0 Å². The van der Waals surface area contributed by atoms with E-state index >= 15 is 0 Å². The van der Waals surface area contributed by atoms with Gasteiger partial charge in [0.15, 0.2) is 16.8 Å². The molecule has 0 bridgehead atoms. The van der Waals surface area contributed by atoms with Crippen LogP contribution in [-0.4, -0.2) is 50.1 Å². The molecule has 1 unspecified atom stereocenters. The number of aryl methyl sites for hydroxylation is 1. The molecule has 11 heteroatoms. The first-order valence-electron chi connectivity index (χ1n) is 20.5. The number of carbonyl (C=O) groups is 2. The molecule has 1 aliphatic heterocycles. The van der Waals surface area contributed by atoms with Crippen LogP contribution in [0.25, 0.3) is 22.3 Å². The molecule has 0 radical (unpaired) electrons. The maximum atomic E-state index is 13.4. The molecule has 0 fully saturated rings. The molecular formula is C48H57N3O8. The van der Waals surface area contributed by atoms with E-state index < -0.39 is 23.6 Å². The summed E-state index contributed by atoms with van der Waals surface area (Å²) in [7, 11) is 0. The smallest absolute Gasteiger partial charge is 0.407 e. The van der Waals surface area contributed by atoms with E-state index in [-0.39, 0.29) is 23.5 Å². The van der Waals surface area contributed by atoms with E-state index in [9.17, 15) is 14.4 Å². The van der Waals surface area contributed by atoms with Crippen LogP contribution in [0.2, 0.25) is 0 Å². The summed E-state index contributed by atoms with van der Waals surface area (Å²) in [6.45, 7) is 14.0. The Balaban J connectivity index is 0.931. The quantitative estimate of drug-likeness (QED) is 0.0834. The molecule has 0 saturated heterocycles. The maximum absolute atomic E-state index is 13.4. The van der Waals surface area contributed by atoms with Gasteiger partial charge < -0.3 is 39.3 Å². The molecule has 59 heavy (non-hydrogen) atoms. The molecule has 11 nitrogen and oxygen atoms in total. The van der Waals surface area contributed by atoms with E-state index in [2.05, 4.69) is 48.9 Å². The number of alkyl carbamates (subject to hydrolysis) is 2. The van der Waals surface area contributed by atoms with E-state index in [4.69, 9.17) is 23.4 Å². The highest BCUT2D eigenvalue weighted by Gasteiger charge is 2.46. The number of nitrogens with one attached hydrogen (secondary N) is 3. The van der Waals surface area contributed by atoms with Crippen molar-refractivity contribution in [3.8, 4) is 22.8 Å². The zero-order valence-electron chi connectivity index (χ0n) is 35.0. The Morgan fingerprint density at radius 1 is 0.746 bits per heavy atom. The number of hydrogen-bond donors (Lipinski definition) is 3. The number of hydrogen-bond acceptors (Lipinski definition) is 9. The summed E-state index contributed by atoms with van der Waals surface area (Å²) in [4.78, 5) is 37.9. The fraction of sp³-hybridized carbons (Fsp3) is 0.396. The van der Waals surface area contributed by atoms with E-state index in [1.165, 1.54) is 11.6 Å². The number of benzene rings is 4. The second-order valence-corrected chi connectivity index (χ2v) is 17.0. The summed E-state index contributed by atoms with van der Waals surface area (Å²) in [5.41, 5.74) is 3.03. The molecule has 6 rings (SSSR count). The van der Waals surface area contributed by atoms with Crippen molar-refractivity contribution in [3.05, 3.63) is 130 Å². The fourth-order valence-corrected chi connectivity index (χ4v) is 6.99. The molecule has 1 aliphatic rings. The van der Waals surface area contributed by atoms with Crippen LogP contribution in [0.5, 0.6) is 11.5 Å². The lowest BCUT2D eigenvalue weighted by atomic mass is 9.84. The highest BCUT2D eigenvalue weighted by Crippen LogP contribution is 2.50. The van der Waals surface area contributed by atoms with Gasteiger partial charge in [0, 0.05) is 35.3 Å². The number of carbonyl (C=O) groups excluding carboxylic acids is 2. The van der Waals surface area contributed by atoms with Crippen LogP contribution in [-0.2, 0) is 21.7 Å². The second-order valence-electron chi connectivity index (χ2n) is 17.0. The molecule has 1 aromatic heterocycles. The molecule has 2 amide bonds. The van der Waals surface area contributed by atoms with Gasteiger partial charge >= 0.3 is 18.0 Å². The summed E-state index contributed by atoms with van der Waals surface area (Å²) >= 11 is 0. The number of amides is 2. The molecule has 1 atom stereocenters. The van der Waals surface area contributed by atoms with Gasteiger partial charge in [-0.15, -0.1) is 0 Å². The minimum absolute atomic E-state index is 0.120. The highest BCUT2D eigenvalue weighted by molar-refractivity contribution is 5.87. The summed E-state index contributed by atoms with van der Waals surface area (Å²) < 4.78 is 30.5. The van der Waals surface area contributed by atoms with Crippen molar-refractivity contribution < 1.29 is 33.0 Å². The lowest BCUT2D eigenvalue weighted by Crippen LogP contribution is -2.45. The third kappa shape index (κ3) is 11.2. The first-order valence-corrected chi connectivity index (χ1v) is 20.5. The Morgan fingerprint density at radius 3 is 2.05 bits per heavy atom. The van der Waals surface area contributed by atoms with Crippen LogP contribution in [0, 0.1) is 5.41 Å². The van der Waals surface area contributed by atoms with Crippen molar-refractivity contribution in [2.75, 3.05) is 26.2 Å². The van der Waals surface area contributed by atoms with Gasteiger partial charge in [-0.2, -0.15) is 0 Å². The molecular weight excluding hydrogens is 747 g/mol. The average Bonchev–Trinajstić information content (AvgIpc) is 3.62. The Bertz CT molecular complexity index is 2190. The van der Waals surface area contributed by atoms with E-state index in [0.717, 1.165) is 49.0 Å². The largest absolute Gasteiger partial charge is 0.452 e. The maximum Gasteiger partial charge on any atom is 0.407 e. The van der Waals surface area contributed by atoms with Crippen molar-refractivity contribution in [1.82, 2.24) is 16.0 Å². The van der Waals surface area contributed by atoms with Crippen molar-refractivity contribution in [1.29, 1.82) is 0 Å². The molecule has 0 spiro atoms. The SMILES string of the molecule is CC(C)(C)OC(=O)NC(CCCOC(=O)NCCCNCCCc1ccc(-c2cc(=O)c3ccc4c(c3o2)OC(c2ccccc2)(c2ccccc2)O4)cc1)C(C)(C)C. The van der Waals surface area contributed by atoms with Gasteiger partial charge in [0.2, 0.25) is 5.75 Å². The third-order valence-electron chi connectivity index (χ3n) is 10.1. The molecule has 5 aromatic rings. The second kappa shape index (κ2) is 18.8. The summed E-state index contributed by atoms with van der Waals surface area (Å²) in [5, 5.41) is 9.62. The Labute approximate surface area is 346 Å². The van der Waals surface area contributed by atoms with Gasteiger partial charge in [-0.1, -0.05) is 106 Å². The zero-order valence-corrected chi connectivity index (χ0v) is 35.0. The first kappa shape index (κ1) is 42.8. The highest BCUT2D eigenvalue weighted by atomic mass is 16.7. The monoisotopic (exact) mass is 803 g/mol. The van der Waals surface area contributed by atoms with Gasteiger partial charge in [0.1, 0.15) is 11.4 Å². The molecule has 4 aromatic carbocycles. The molecule has 3 N–H and O–H groups in total. The normalized spacial score (nSPS) is 13.8. The molecule has 312 valence electrons. The van der Waals surface area contributed by atoms with Crippen LogP contribution in [0.1, 0.15) is 83.9 Å². The van der Waals surface area contributed by atoms with E-state index in [1.54, 1.807) is 12.1 Å². The Hall–Kier alpha value is -5.81. The van der Waals surface area contributed by atoms with Crippen molar-refractivity contribution in [3.63, 3.8) is 0 Å². The number of rotatable bonds is 16. The topological polar surface area (TPSA) is 137 Å². The lowest BCUT2D eigenvalue weighted by molar-refractivity contribution is -0.0456. The predicted octanol–water partition coefficient (Wildman–Crippen LogP) is 9.49. The third-order valence-corrected chi connectivity index (χ3v) is 10.1. The number of ether oxygens (including phenoxy) is 4. The van der Waals surface area contributed by atoms with Crippen LogP contribution >= 0.6 is 0 Å². The molecule has 0 aliphatic carbocycles. The van der Waals surface area contributed by atoms with E-state index in [0.29, 0.717) is 47.6 Å². The summed E-state index contributed by atoms with van der Waals surface area (Å²) in [5.74, 6) is 0.0982. The molecule has 0 saturated carbocycles. The Kier molecular flexibility index (Phi) is 13.7. The van der Waals surface area contributed by atoms with Crippen LogP contribution in [0.4, 0.5) is 9.59 Å². The summed E-state index contributed by atoms with van der Waals surface area (Å²) in [6, 6.07) is 32.5. The van der Waals surface area contributed by atoms with E-state index in [1.807, 2.05) is 93.6 Å². The van der Waals surface area contributed by atoms with Gasteiger partial charge in [-0.25, -0.2) is 9.59 Å². The van der Waals surface area contributed by atoms with Gasteiger partial charge in [-0.05, 0) is 89.1 Å². The van der Waals surface area contributed by atoms with Gasteiger partial charge in [0.05, 0.1) is 12.0 Å². The predicted molar refractivity (Wildman–Crippen MR) is 230 cm³/mol. The standard InChI is InChI=1S/C48H57N3O8/c1-46(2,3)41(51-45(54)59-47(4,5)6)21-14-31-55-44(53)50-30-15-29-49-28-13-16-33-22-24-34(25-23-33)40-32-38(52)37-26-27-39-43(42(37)56-40)58-48(57-39,35-17-9-7-10-18-35)36-19-11-8-12-20-36/h7-12,17-20,22-27,32,41,49H,13-16,21,28-31H2,1-6H3,(H,50,53)(H,51,54). The van der Waals surface area contributed by atoms with Crippen molar-refractivity contribution in [2.24, 2.45) is 5.41 Å². The van der Waals surface area contributed by atoms with Gasteiger partial charge in [0.25, 0.3) is 0 Å². The van der Waals surface area contributed by atoms with Crippen molar-refractivity contribution >= 4 is 23.2 Å². The van der Waals surface area contributed by atoms with Crippen LogP contribution < -0.4 is 30.9 Å². The summed E-state index contributed by atoms with van der Waals surface area (Å²) in [6.07, 6.45) is 2.98. The lowest BCUT2D eigenvalue weighted by Gasteiger charge is -2.32. The zero-order chi connectivity index (χ0) is 42.0. The fourth-order valence-electron chi connectivity index (χ4n) is 6.99.